The lowest BCUT2D eigenvalue weighted by Gasteiger charge is -2.15. The van der Waals surface area contributed by atoms with E-state index in [1.54, 1.807) is 0 Å². The highest BCUT2D eigenvalue weighted by molar-refractivity contribution is 7.94. The number of hydrogen-bond donors (Lipinski definition) is 6. The molecule has 0 saturated carbocycles. The predicted octanol–water partition coefficient (Wildman–Crippen LogP) is 4.25. The zero-order valence-electron chi connectivity index (χ0n) is 23.6. The molecule has 0 aliphatic carbocycles. The Morgan fingerprint density at radius 3 is 2.26 bits per heavy atom. The van der Waals surface area contributed by atoms with Gasteiger partial charge in [0.15, 0.2) is 28.3 Å². The lowest BCUT2D eigenvalue weighted by molar-refractivity contribution is -0.435. The standard InChI is InChI=1S/C21H16Cl2N6O16S5/c22-19-25-20(23)27-21(26-19)24-13-4-2-10-11(18(13)50(38,39)40)8-14(42-48(33)34)16(17(10)30)29-28-12-3-1-9(7-15(12)49(35,36)37)46-44-41-5-6-47(32)45-43-31/h1-4,7-8,30-31H,5-6H2,(H,33,34)(H,35,36,37)(H,38,39,40)(H,24,25,26,27). The second-order valence-electron chi connectivity index (χ2n) is 8.64. The Kier molecular flexibility index (Phi) is 13.3. The predicted molar refractivity (Wildman–Crippen MR) is 171 cm³/mol. The van der Waals surface area contributed by atoms with E-state index in [2.05, 4.69) is 39.9 Å². The Labute approximate surface area is 298 Å². The van der Waals surface area contributed by atoms with Gasteiger partial charge in [0.25, 0.3) is 20.2 Å². The summed E-state index contributed by atoms with van der Waals surface area (Å²) in [5.41, 5.74) is -1.67. The Hall–Kier alpha value is -3.26. The van der Waals surface area contributed by atoms with Crippen LogP contribution in [-0.2, 0) is 61.3 Å². The van der Waals surface area contributed by atoms with Crippen molar-refractivity contribution in [2.75, 3.05) is 17.7 Å². The summed E-state index contributed by atoms with van der Waals surface area (Å²) in [5, 5.41) is 30.7. The average Bonchev–Trinajstić information content (AvgIpc) is 2.99. The smallest absolute Gasteiger partial charge is 0.357 e. The first-order valence-corrected chi connectivity index (χ1v) is 18.9. The van der Waals surface area contributed by atoms with E-state index in [0.29, 0.717) is 12.0 Å². The van der Waals surface area contributed by atoms with Crippen molar-refractivity contribution in [2.45, 2.75) is 14.7 Å². The molecule has 4 rings (SSSR count). The largest absolute Gasteiger partial charge is 0.505 e. The molecule has 3 aromatic carbocycles. The highest BCUT2D eigenvalue weighted by atomic mass is 35.5. The third-order valence-corrected chi connectivity index (χ3v) is 9.34. The van der Waals surface area contributed by atoms with Gasteiger partial charge >= 0.3 is 11.4 Å². The van der Waals surface area contributed by atoms with E-state index in [1.807, 2.05) is 0 Å². The molecule has 0 bridgehead atoms. The van der Waals surface area contributed by atoms with Crippen molar-refractivity contribution in [3.05, 3.63) is 47.0 Å². The van der Waals surface area contributed by atoms with Crippen LogP contribution in [0.3, 0.4) is 0 Å². The number of hydrogen-bond acceptors (Lipinski definition) is 20. The molecule has 0 saturated heterocycles. The monoisotopic (exact) mass is 838 g/mol. The highest BCUT2D eigenvalue weighted by Gasteiger charge is 2.26. The number of rotatable bonds is 16. The number of nitrogens with zero attached hydrogens (tertiary/aromatic N) is 5. The second-order valence-corrected chi connectivity index (χ2v) is 14.6. The van der Waals surface area contributed by atoms with Gasteiger partial charge in [-0.25, -0.2) is 14.4 Å². The number of phenolic OH excluding ortho intramolecular Hbond substituents is 1. The molecule has 0 aliphatic rings. The van der Waals surface area contributed by atoms with Crippen molar-refractivity contribution >= 4 is 112 Å². The molecule has 2 unspecified atom stereocenters. The highest BCUT2D eigenvalue weighted by Crippen LogP contribution is 2.47. The van der Waals surface area contributed by atoms with Gasteiger partial charge in [0.1, 0.15) is 15.5 Å². The molecule has 29 heteroatoms. The van der Waals surface area contributed by atoms with Crippen molar-refractivity contribution in [1.29, 1.82) is 0 Å². The maximum Gasteiger partial charge on any atom is 0.357 e. The van der Waals surface area contributed by atoms with Gasteiger partial charge in [-0.05, 0) is 59.6 Å². The minimum absolute atomic E-state index is 0.0183. The van der Waals surface area contributed by atoms with Gasteiger partial charge in [-0.3, -0.25) is 13.7 Å². The summed E-state index contributed by atoms with van der Waals surface area (Å²) in [6, 6.07) is 6.08. The SMILES string of the molecule is O=S(O)Oc1cc2c(S(=O)(=O)O)c(Nc3nc(Cl)nc(Cl)n3)ccc2c(O)c1N=Nc1ccc(SOOCCS(=O)OOO)cc1S(=O)(=O)O. The Morgan fingerprint density at radius 2 is 1.64 bits per heavy atom. The van der Waals surface area contributed by atoms with Crippen LogP contribution in [0.1, 0.15) is 0 Å². The number of aromatic hydroxyl groups is 1. The summed E-state index contributed by atoms with van der Waals surface area (Å²) in [6.07, 6.45) is 0. The molecule has 270 valence electrons. The van der Waals surface area contributed by atoms with E-state index < -0.39 is 86.4 Å². The van der Waals surface area contributed by atoms with Crippen LogP contribution in [0, 0.1) is 0 Å². The van der Waals surface area contributed by atoms with Crippen LogP contribution < -0.4 is 9.50 Å². The molecule has 2 atom stereocenters. The van der Waals surface area contributed by atoms with Crippen molar-refractivity contribution in [2.24, 2.45) is 10.2 Å². The van der Waals surface area contributed by atoms with Gasteiger partial charge < -0.3 is 14.6 Å². The van der Waals surface area contributed by atoms with Crippen molar-refractivity contribution in [3.63, 3.8) is 0 Å². The number of azo groups is 1. The van der Waals surface area contributed by atoms with Gasteiger partial charge in [0.2, 0.25) is 16.5 Å². The van der Waals surface area contributed by atoms with E-state index in [0.717, 1.165) is 30.3 Å². The minimum Gasteiger partial charge on any atom is -0.505 e. The molecule has 50 heavy (non-hydrogen) atoms. The first-order valence-electron chi connectivity index (χ1n) is 12.3. The van der Waals surface area contributed by atoms with Gasteiger partial charge in [-0.15, -0.1) is 14.6 Å². The van der Waals surface area contributed by atoms with Crippen LogP contribution in [0.2, 0.25) is 10.6 Å². The molecule has 4 aromatic rings. The fraction of sp³-hybridized carbons (Fsp3) is 0.0952. The fourth-order valence-corrected chi connectivity index (χ4v) is 6.75. The quantitative estimate of drug-likeness (QED) is 0.0175. The molecule has 0 radical (unpaired) electrons. The molecule has 0 amide bonds. The number of nitrogens with one attached hydrogen (secondary N) is 1. The molecular weight excluding hydrogens is 823 g/mol. The maximum absolute atomic E-state index is 12.5. The Bertz CT molecular complexity index is 2210. The van der Waals surface area contributed by atoms with Gasteiger partial charge in [-0.2, -0.15) is 40.3 Å². The number of benzene rings is 3. The van der Waals surface area contributed by atoms with E-state index >= 15 is 0 Å². The van der Waals surface area contributed by atoms with E-state index in [-0.39, 0.29) is 39.2 Å². The van der Waals surface area contributed by atoms with Crippen LogP contribution >= 0.6 is 35.2 Å². The van der Waals surface area contributed by atoms with E-state index in [1.165, 1.54) is 6.07 Å². The molecule has 0 spiro atoms. The molecule has 22 nitrogen and oxygen atoms in total. The molecular formula is C21H16Cl2N6O16S5. The zero-order chi connectivity index (χ0) is 36.8. The average molecular weight is 840 g/mol. The van der Waals surface area contributed by atoms with Crippen molar-refractivity contribution < 1.29 is 72.1 Å². The summed E-state index contributed by atoms with van der Waals surface area (Å²) in [5.74, 6) is -2.39. The number of aromatic nitrogens is 3. The summed E-state index contributed by atoms with van der Waals surface area (Å²) >= 11 is 6.76. The number of halogens is 2. The molecule has 0 fully saturated rings. The number of phenols is 1. The number of anilines is 2. The normalized spacial score (nSPS) is 13.5. The minimum atomic E-state index is -5.18. The summed E-state index contributed by atoms with van der Waals surface area (Å²) in [4.78, 5) is 14.0. The summed E-state index contributed by atoms with van der Waals surface area (Å²) < 4.78 is 115. The van der Waals surface area contributed by atoms with E-state index in [9.17, 15) is 44.0 Å². The van der Waals surface area contributed by atoms with Gasteiger partial charge in [0.05, 0.1) is 30.1 Å². The van der Waals surface area contributed by atoms with Crippen LogP contribution in [0.25, 0.3) is 10.8 Å². The maximum atomic E-state index is 12.5. The third-order valence-electron chi connectivity index (χ3n) is 5.52. The van der Waals surface area contributed by atoms with Crippen LogP contribution in [0.15, 0.2) is 61.3 Å². The van der Waals surface area contributed by atoms with Gasteiger partial charge in [0, 0.05) is 15.7 Å². The fourth-order valence-electron chi connectivity index (χ4n) is 3.72. The van der Waals surface area contributed by atoms with Crippen LogP contribution in [0.4, 0.5) is 23.0 Å². The lowest BCUT2D eigenvalue weighted by atomic mass is 10.1. The molecule has 1 heterocycles. The first-order chi connectivity index (χ1) is 23.5. The van der Waals surface area contributed by atoms with Crippen LogP contribution in [0.5, 0.6) is 11.5 Å². The summed E-state index contributed by atoms with van der Waals surface area (Å²) in [6.45, 7) is -0.328. The zero-order valence-corrected chi connectivity index (χ0v) is 29.2. The van der Waals surface area contributed by atoms with Crippen LogP contribution in [-0.4, -0.2) is 76.6 Å². The first kappa shape index (κ1) is 39.5. The molecule has 1 aromatic heterocycles. The Morgan fingerprint density at radius 1 is 0.940 bits per heavy atom. The topological polar surface area (TPSA) is 325 Å². The molecule has 0 aliphatic heterocycles. The lowest BCUT2D eigenvalue weighted by Crippen LogP contribution is -2.07. The van der Waals surface area contributed by atoms with Crippen molar-refractivity contribution in [1.82, 2.24) is 15.0 Å². The van der Waals surface area contributed by atoms with Crippen molar-refractivity contribution in [3.8, 4) is 11.5 Å². The second kappa shape index (κ2) is 16.8. The van der Waals surface area contributed by atoms with E-state index in [4.69, 9.17) is 41.9 Å². The number of fused-ring (bicyclic) bond motifs is 1. The van der Waals surface area contributed by atoms with Gasteiger partial charge in [-0.1, -0.05) is 5.04 Å². The third kappa shape index (κ3) is 10.4. The Balaban J connectivity index is 1.75. The molecule has 6 N–H and O–H groups in total. The summed E-state index contributed by atoms with van der Waals surface area (Å²) in [7, 11) is -10.2.